The van der Waals surface area contributed by atoms with Crippen LogP contribution in [0.15, 0.2) is 63.8 Å². The van der Waals surface area contributed by atoms with E-state index in [0.29, 0.717) is 45.8 Å². The fourth-order valence-corrected chi connectivity index (χ4v) is 2.68. The SMILES string of the molecule is C=C(C)COc1cc(OCC(=C)C)c2c(=O)c3cccc(OC)c3oc2c1. The van der Waals surface area contributed by atoms with E-state index in [-0.39, 0.29) is 12.0 Å². The van der Waals surface area contributed by atoms with Crippen LogP contribution in [0.5, 0.6) is 17.2 Å². The first kappa shape index (κ1) is 18.6. The third kappa shape index (κ3) is 3.82. The van der Waals surface area contributed by atoms with Crippen LogP contribution in [0.25, 0.3) is 21.9 Å². The molecule has 0 aliphatic carbocycles. The Hall–Kier alpha value is -3.21. The number of rotatable bonds is 7. The minimum absolute atomic E-state index is 0.187. The normalized spacial score (nSPS) is 10.8. The minimum Gasteiger partial charge on any atom is -0.493 e. The minimum atomic E-state index is -0.187. The third-order valence-electron chi connectivity index (χ3n) is 3.88. The second-order valence-corrected chi connectivity index (χ2v) is 6.55. The van der Waals surface area contributed by atoms with Crippen molar-refractivity contribution in [1.82, 2.24) is 0 Å². The lowest BCUT2D eigenvalue weighted by Crippen LogP contribution is -2.08. The van der Waals surface area contributed by atoms with E-state index in [9.17, 15) is 4.79 Å². The molecular weight excluding hydrogens is 344 g/mol. The van der Waals surface area contributed by atoms with Gasteiger partial charge in [0.05, 0.1) is 12.5 Å². The Labute approximate surface area is 157 Å². The zero-order valence-corrected chi connectivity index (χ0v) is 15.8. The van der Waals surface area contributed by atoms with Crippen molar-refractivity contribution < 1.29 is 18.6 Å². The van der Waals surface area contributed by atoms with Crippen LogP contribution in [-0.2, 0) is 0 Å². The Kier molecular flexibility index (Phi) is 5.21. The van der Waals surface area contributed by atoms with Crippen LogP contribution in [0, 0.1) is 0 Å². The number of hydrogen-bond acceptors (Lipinski definition) is 5. The maximum absolute atomic E-state index is 13.1. The molecule has 0 amide bonds. The van der Waals surface area contributed by atoms with Crippen molar-refractivity contribution in [2.24, 2.45) is 0 Å². The van der Waals surface area contributed by atoms with Gasteiger partial charge in [-0.3, -0.25) is 4.79 Å². The van der Waals surface area contributed by atoms with Crippen molar-refractivity contribution in [3.8, 4) is 17.2 Å². The summed E-state index contributed by atoms with van der Waals surface area (Å²) in [6, 6.07) is 8.58. The lowest BCUT2D eigenvalue weighted by molar-refractivity contribution is 0.337. The van der Waals surface area contributed by atoms with E-state index in [1.807, 2.05) is 13.8 Å². The molecule has 0 aliphatic rings. The first-order chi connectivity index (χ1) is 12.9. The molecule has 5 heteroatoms. The van der Waals surface area contributed by atoms with E-state index in [4.69, 9.17) is 18.6 Å². The van der Waals surface area contributed by atoms with E-state index in [0.717, 1.165) is 11.1 Å². The van der Waals surface area contributed by atoms with Crippen LogP contribution >= 0.6 is 0 Å². The summed E-state index contributed by atoms with van der Waals surface area (Å²) in [5.41, 5.74) is 2.28. The van der Waals surface area contributed by atoms with Gasteiger partial charge >= 0.3 is 0 Å². The standard InChI is InChI=1S/C22H22O5/c1-13(2)11-25-15-9-18(26-12-14(3)4)20-19(10-15)27-22-16(21(20)23)7-6-8-17(22)24-5/h6-10H,1,3,11-12H2,2,4-5H3. The molecule has 0 spiro atoms. The highest BCUT2D eigenvalue weighted by atomic mass is 16.5. The predicted molar refractivity (Wildman–Crippen MR) is 107 cm³/mol. The number of para-hydroxylation sites is 1. The molecule has 1 heterocycles. The maximum Gasteiger partial charge on any atom is 0.204 e. The maximum atomic E-state index is 13.1. The van der Waals surface area contributed by atoms with Gasteiger partial charge in [-0.15, -0.1) is 0 Å². The summed E-state index contributed by atoms with van der Waals surface area (Å²) in [6.07, 6.45) is 0. The van der Waals surface area contributed by atoms with Crippen LogP contribution in [-0.4, -0.2) is 20.3 Å². The zero-order chi connectivity index (χ0) is 19.6. The quantitative estimate of drug-likeness (QED) is 0.441. The number of hydrogen-bond donors (Lipinski definition) is 0. The number of fused-ring (bicyclic) bond motifs is 2. The van der Waals surface area contributed by atoms with Gasteiger partial charge in [0.2, 0.25) is 5.43 Å². The molecule has 0 aliphatic heterocycles. The molecule has 0 saturated carbocycles. The molecule has 1 aromatic heterocycles. The van der Waals surface area contributed by atoms with Crippen molar-refractivity contribution >= 4 is 21.9 Å². The smallest absolute Gasteiger partial charge is 0.204 e. The Bertz CT molecular complexity index is 1090. The van der Waals surface area contributed by atoms with E-state index in [2.05, 4.69) is 13.2 Å². The highest BCUT2D eigenvalue weighted by molar-refractivity contribution is 5.95. The summed E-state index contributed by atoms with van der Waals surface area (Å²) in [6.45, 7) is 12.0. The second-order valence-electron chi connectivity index (χ2n) is 6.55. The first-order valence-corrected chi connectivity index (χ1v) is 8.52. The van der Waals surface area contributed by atoms with Crippen LogP contribution < -0.4 is 19.6 Å². The molecule has 0 unspecified atom stereocenters. The van der Waals surface area contributed by atoms with Crippen molar-refractivity contribution in [3.05, 3.63) is 64.9 Å². The molecule has 0 saturated heterocycles. The first-order valence-electron chi connectivity index (χ1n) is 8.52. The van der Waals surface area contributed by atoms with Gasteiger partial charge in [0.15, 0.2) is 11.3 Å². The van der Waals surface area contributed by atoms with Crippen molar-refractivity contribution in [3.63, 3.8) is 0 Å². The number of benzene rings is 2. The van der Waals surface area contributed by atoms with Crippen molar-refractivity contribution in [2.75, 3.05) is 20.3 Å². The molecule has 2 aromatic carbocycles. The monoisotopic (exact) mass is 366 g/mol. The van der Waals surface area contributed by atoms with E-state index in [1.54, 1.807) is 30.3 Å². The predicted octanol–water partition coefficient (Wildman–Crippen LogP) is 4.86. The Balaban J connectivity index is 2.27. The highest BCUT2D eigenvalue weighted by Crippen LogP contribution is 2.34. The third-order valence-corrected chi connectivity index (χ3v) is 3.88. The highest BCUT2D eigenvalue weighted by Gasteiger charge is 2.17. The number of ether oxygens (including phenoxy) is 3. The van der Waals surface area contributed by atoms with Crippen molar-refractivity contribution in [1.29, 1.82) is 0 Å². The van der Waals surface area contributed by atoms with Gasteiger partial charge in [0.25, 0.3) is 0 Å². The average Bonchev–Trinajstić information content (AvgIpc) is 2.64. The van der Waals surface area contributed by atoms with Gasteiger partial charge < -0.3 is 18.6 Å². The van der Waals surface area contributed by atoms with Crippen LogP contribution in [0.3, 0.4) is 0 Å². The Morgan fingerprint density at radius 1 is 1.04 bits per heavy atom. The molecule has 0 bridgehead atoms. The van der Waals surface area contributed by atoms with E-state index < -0.39 is 0 Å². The summed E-state index contributed by atoms with van der Waals surface area (Å²) < 4.78 is 22.9. The molecule has 3 aromatic rings. The summed E-state index contributed by atoms with van der Waals surface area (Å²) in [5, 5.41) is 0.789. The molecule has 0 radical (unpaired) electrons. The van der Waals surface area contributed by atoms with Crippen LogP contribution in [0.4, 0.5) is 0 Å². The molecule has 0 atom stereocenters. The molecular formula is C22H22O5. The zero-order valence-electron chi connectivity index (χ0n) is 15.8. The molecule has 0 fully saturated rings. The van der Waals surface area contributed by atoms with Gasteiger partial charge in [-0.05, 0) is 37.1 Å². The van der Waals surface area contributed by atoms with Gasteiger partial charge in [-0.25, -0.2) is 0 Å². The topological polar surface area (TPSA) is 57.9 Å². The van der Waals surface area contributed by atoms with Crippen LogP contribution in [0.2, 0.25) is 0 Å². The molecule has 3 rings (SSSR count). The van der Waals surface area contributed by atoms with Gasteiger partial charge in [0, 0.05) is 12.1 Å². The van der Waals surface area contributed by atoms with E-state index >= 15 is 0 Å². The fraction of sp³-hybridized carbons (Fsp3) is 0.227. The van der Waals surface area contributed by atoms with Gasteiger partial charge in [-0.1, -0.05) is 19.2 Å². The second kappa shape index (κ2) is 7.58. The largest absolute Gasteiger partial charge is 0.493 e. The lowest BCUT2D eigenvalue weighted by Gasteiger charge is -2.13. The molecule has 27 heavy (non-hydrogen) atoms. The van der Waals surface area contributed by atoms with Crippen LogP contribution in [0.1, 0.15) is 13.8 Å². The Morgan fingerprint density at radius 2 is 1.74 bits per heavy atom. The average molecular weight is 366 g/mol. The van der Waals surface area contributed by atoms with E-state index in [1.165, 1.54) is 7.11 Å². The Morgan fingerprint density at radius 3 is 2.41 bits per heavy atom. The van der Waals surface area contributed by atoms with Crippen molar-refractivity contribution in [2.45, 2.75) is 13.8 Å². The summed E-state index contributed by atoms with van der Waals surface area (Å²) >= 11 is 0. The number of methoxy groups -OCH3 is 1. The fourth-order valence-electron chi connectivity index (χ4n) is 2.68. The summed E-state index contributed by atoms with van der Waals surface area (Å²) in [4.78, 5) is 13.1. The van der Waals surface area contributed by atoms with Gasteiger partial charge in [-0.2, -0.15) is 0 Å². The molecule has 140 valence electrons. The molecule has 5 nitrogen and oxygen atoms in total. The van der Waals surface area contributed by atoms with Gasteiger partial charge in [0.1, 0.15) is 35.7 Å². The lowest BCUT2D eigenvalue weighted by atomic mass is 10.1. The summed E-state index contributed by atoms with van der Waals surface area (Å²) in [5.74, 6) is 1.41. The molecule has 0 N–H and O–H groups in total. The summed E-state index contributed by atoms with van der Waals surface area (Å²) in [7, 11) is 1.53.